The van der Waals surface area contributed by atoms with Gasteiger partial charge >= 0.3 is 0 Å². The van der Waals surface area contributed by atoms with E-state index in [2.05, 4.69) is 9.97 Å². The van der Waals surface area contributed by atoms with Crippen molar-refractivity contribution in [3.05, 3.63) is 64.2 Å². The highest BCUT2D eigenvalue weighted by molar-refractivity contribution is 7.22. The number of carbonyl (C=O) groups excluding carboxylic acids is 1. The summed E-state index contributed by atoms with van der Waals surface area (Å²) >= 11 is 7.47. The number of halogens is 1. The molecule has 2 heterocycles. The van der Waals surface area contributed by atoms with E-state index in [9.17, 15) is 9.59 Å². The molecule has 0 saturated heterocycles. The van der Waals surface area contributed by atoms with Crippen LogP contribution in [0.15, 0.2) is 53.6 Å². The average Bonchev–Trinajstić information content (AvgIpc) is 3.11. The summed E-state index contributed by atoms with van der Waals surface area (Å²) in [7, 11) is 0. The monoisotopic (exact) mass is 412 g/mol. The van der Waals surface area contributed by atoms with E-state index < -0.39 is 0 Å². The number of thiazole rings is 1. The Labute approximate surface area is 170 Å². The van der Waals surface area contributed by atoms with Crippen LogP contribution in [0.4, 0.5) is 5.13 Å². The smallest absolute Gasteiger partial charge is 0.261 e. The molecule has 0 spiro atoms. The number of nitrogens with zero attached hydrogens (tertiary/aromatic N) is 4. The largest absolute Gasteiger partial charge is 0.298 e. The highest BCUT2D eigenvalue weighted by Crippen LogP contribution is 2.30. The number of benzene rings is 2. The lowest BCUT2D eigenvalue weighted by Gasteiger charge is -2.17. The number of carbonyl (C=O) groups is 1. The van der Waals surface area contributed by atoms with E-state index in [4.69, 9.17) is 11.6 Å². The Morgan fingerprint density at radius 3 is 2.86 bits per heavy atom. The minimum atomic E-state index is -0.143. The number of rotatable bonds is 5. The number of aromatic nitrogens is 3. The number of para-hydroxylation sites is 1. The van der Waals surface area contributed by atoms with Gasteiger partial charge in [-0.3, -0.25) is 19.1 Å². The summed E-state index contributed by atoms with van der Waals surface area (Å²) in [4.78, 5) is 35.8. The maximum Gasteiger partial charge on any atom is 0.261 e. The molecule has 0 aliphatic heterocycles. The lowest BCUT2D eigenvalue weighted by molar-refractivity contribution is -0.118. The van der Waals surface area contributed by atoms with Gasteiger partial charge in [0.15, 0.2) is 5.13 Å². The van der Waals surface area contributed by atoms with Crippen molar-refractivity contribution in [1.82, 2.24) is 14.5 Å². The Morgan fingerprint density at radius 2 is 2.04 bits per heavy atom. The topological polar surface area (TPSA) is 68.1 Å². The predicted molar refractivity (Wildman–Crippen MR) is 113 cm³/mol. The molecule has 4 rings (SSSR count). The third-order valence-corrected chi connectivity index (χ3v) is 5.78. The van der Waals surface area contributed by atoms with Gasteiger partial charge in [0.05, 0.1) is 27.4 Å². The second-order valence-corrected chi connectivity index (χ2v) is 7.70. The normalized spacial score (nSPS) is 11.2. The van der Waals surface area contributed by atoms with Crippen molar-refractivity contribution in [2.75, 3.05) is 11.4 Å². The number of hydrogen-bond acceptors (Lipinski definition) is 5. The predicted octanol–water partition coefficient (Wildman–Crippen LogP) is 4.10. The SMILES string of the molecule is CCN(C(=O)CCn1cnc2ccccc2c1=O)c1nc2cc(Cl)ccc2s1. The van der Waals surface area contributed by atoms with Crippen molar-refractivity contribution in [3.8, 4) is 0 Å². The zero-order valence-electron chi connectivity index (χ0n) is 15.1. The molecule has 2 aromatic heterocycles. The minimum Gasteiger partial charge on any atom is -0.298 e. The highest BCUT2D eigenvalue weighted by Gasteiger charge is 2.18. The first kappa shape index (κ1) is 18.6. The molecule has 0 unspecified atom stereocenters. The maximum absolute atomic E-state index is 12.8. The number of aryl methyl sites for hydroxylation is 1. The molecule has 6 nitrogen and oxygen atoms in total. The zero-order chi connectivity index (χ0) is 19.7. The van der Waals surface area contributed by atoms with Gasteiger partial charge in [-0.1, -0.05) is 35.1 Å². The lowest BCUT2D eigenvalue weighted by atomic mass is 10.2. The van der Waals surface area contributed by atoms with Gasteiger partial charge in [0.1, 0.15) is 0 Å². The molecule has 2 aromatic carbocycles. The van der Waals surface area contributed by atoms with E-state index in [-0.39, 0.29) is 24.4 Å². The summed E-state index contributed by atoms with van der Waals surface area (Å²) in [5.74, 6) is -0.0901. The van der Waals surface area contributed by atoms with Crippen LogP contribution >= 0.6 is 22.9 Å². The highest BCUT2D eigenvalue weighted by atomic mass is 35.5. The van der Waals surface area contributed by atoms with Crippen LogP contribution in [0.2, 0.25) is 5.02 Å². The fourth-order valence-corrected chi connectivity index (χ4v) is 4.23. The Kier molecular flexibility index (Phi) is 5.11. The standard InChI is InChI=1S/C20H17ClN4O2S/c1-2-25(20-23-16-11-13(21)7-8-17(16)28-20)18(26)9-10-24-12-22-15-6-4-3-5-14(15)19(24)27/h3-8,11-12H,2,9-10H2,1H3. The Bertz CT molecular complexity index is 1230. The molecule has 0 atom stereocenters. The molecule has 0 bridgehead atoms. The summed E-state index contributed by atoms with van der Waals surface area (Å²) in [6.07, 6.45) is 1.68. The van der Waals surface area contributed by atoms with Crippen LogP contribution in [0.1, 0.15) is 13.3 Å². The van der Waals surface area contributed by atoms with E-state index >= 15 is 0 Å². The zero-order valence-corrected chi connectivity index (χ0v) is 16.7. The van der Waals surface area contributed by atoms with Crippen LogP contribution in [0, 0.1) is 0 Å². The van der Waals surface area contributed by atoms with E-state index in [0.717, 1.165) is 10.2 Å². The van der Waals surface area contributed by atoms with Crippen molar-refractivity contribution < 1.29 is 4.79 Å². The van der Waals surface area contributed by atoms with E-state index in [1.165, 1.54) is 22.2 Å². The number of fused-ring (bicyclic) bond motifs is 2. The fourth-order valence-electron chi connectivity index (χ4n) is 3.04. The van der Waals surface area contributed by atoms with Crippen LogP contribution in [-0.4, -0.2) is 27.0 Å². The Balaban J connectivity index is 1.54. The van der Waals surface area contributed by atoms with Crippen LogP contribution < -0.4 is 10.5 Å². The van der Waals surface area contributed by atoms with Crippen LogP contribution in [0.3, 0.4) is 0 Å². The molecule has 28 heavy (non-hydrogen) atoms. The van der Waals surface area contributed by atoms with E-state index in [1.54, 1.807) is 29.2 Å². The third kappa shape index (κ3) is 3.50. The molecule has 0 aliphatic carbocycles. The molecule has 8 heteroatoms. The second-order valence-electron chi connectivity index (χ2n) is 6.26. The van der Waals surface area contributed by atoms with Crippen molar-refractivity contribution >= 4 is 55.1 Å². The number of amides is 1. The lowest BCUT2D eigenvalue weighted by Crippen LogP contribution is -2.32. The molecule has 0 radical (unpaired) electrons. The molecule has 0 fully saturated rings. The minimum absolute atomic E-state index is 0.0901. The molecular weight excluding hydrogens is 396 g/mol. The van der Waals surface area contributed by atoms with Gasteiger partial charge in [0, 0.05) is 24.5 Å². The number of hydrogen-bond donors (Lipinski definition) is 0. The van der Waals surface area contributed by atoms with E-state index in [1.807, 2.05) is 25.1 Å². The van der Waals surface area contributed by atoms with Crippen LogP contribution in [-0.2, 0) is 11.3 Å². The molecular formula is C20H17ClN4O2S. The van der Waals surface area contributed by atoms with Gasteiger partial charge in [0.25, 0.3) is 5.56 Å². The van der Waals surface area contributed by atoms with Gasteiger partial charge < -0.3 is 0 Å². The molecule has 0 N–H and O–H groups in total. The van der Waals surface area contributed by atoms with E-state index in [0.29, 0.717) is 27.6 Å². The van der Waals surface area contributed by atoms with Crippen molar-refractivity contribution in [3.63, 3.8) is 0 Å². The van der Waals surface area contributed by atoms with Crippen molar-refractivity contribution in [2.24, 2.45) is 0 Å². The third-order valence-electron chi connectivity index (χ3n) is 4.48. The molecule has 0 saturated carbocycles. The van der Waals surface area contributed by atoms with Gasteiger partial charge in [-0.2, -0.15) is 0 Å². The molecule has 142 valence electrons. The molecule has 0 aliphatic rings. The summed E-state index contributed by atoms with van der Waals surface area (Å²) in [6.45, 7) is 2.67. The second kappa shape index (κ2) is 7.69. The Morgan fingerprint density at radius 1 is 1.21 bits per heavy atom. The first-order chi connectivity index (χ1) is 13.6. The summed E-state index contributed by atoms with van der Waals surface area (Å²) in [5, 5.41) is 1.79. The van der Waals surface area contributed by atoms with Gasteiger partial charge in [-0.05, 0) is 37.3 Å². The average molecular weight is 413 g/mol. The summed E-state index contributed by atoms with van der Waals surface area (Å²) in [6, 6.07) is 12.7. The van der Waals surface area contributed by atoms with Crippen molar-refractivity contribution in [1.29, 1.82) is 0 Å². The quantitative estimate of drug-likeness (QED) is 0.494. The number of anilines is 1. The van der Waals surface area contributed by atoms with Crippen molar-refractivity contribution in [2.45, 2.75) is 19.9 Å². The maximum atomic E-state index is 12.8. The van der Waals surface area contributed by atoms with Gasteiger partial charge in [0.2, 0.25) is 5.91 Å². The Hall–Kier alpha value is -2.77. The van der Waals surface area contributed by atoms with Crippen LogP contribution in [0.5, 0.6) is 0 Å². The van der Waals surface area contributed by atoms with Crippen LogP contribution in [0.25, 0.3) is 21.1 Å². The first-order valence-electron chi connectivity index (χ1n) is 8.87. The first-order valence-corrected chi connectivity index (χ1v) is 10.1. The molecule has 4 aromatic rings. The molecule has 1 amide bonds. The summed E-state index contributed by atoms with van der Waals surface area (Å²) in [5.41, 5.74) is 1.28. The summed E-state index contributed by atoms with van der Waals surface area (Å²) < 4.78 is 2.45. The fraction of sp³-hybridized carbons (Fsp3) is 0.200. The van der Waals surface area contributed by atoms with Gasteiger partial charge in [-0.15, -0.1) is 0 Å². The van der Waals surface area contributed by atoms with Gasteiger partial charge in [-0.25, -0.2) is 9.97 Å².